The Kier molecular flexibility index (Phi) is 6.63. The summed E-state index contributed by atoms with van der Waals surface area (Å²) in [6.07, 6.45) is 0. The predicted octanol–water partition coefficient (Wildman–Crippen LogP) is 3.63. The number of carbonyl (C=O) groups is 1. The van der Waals surface area contributed by atoms with Crippen LogP contribution < -0.4 is 10.1 Å². The van der Waals surface area contributed by atoms with Gasteiger partial charge in [0.2, 0.25) is 10.0 Å². The third-order valence-corrected chi connectivity index (χ3v) is 6.12. The summed E-state index contributed by atoms with van der Waals surface area (Å²) in [5.41, 5.74) is 0.627. The molecule has 8 heteroatoms. The van der Waals surface area contributed by atoms with Crippen LogP contribution in [0.2, 0.25) is 5.02 Å². The van der Waals surface area contributed by atoms with Crippen LogP contribution in [-0.2, 0) is 10.0 Å². The van der Waals surface area contributed by atoms with Crippen molar-refractivity contribution in [3.8, 4) is 5.75 Å². The minimum absolute atomic E-state index is 0.122. The van der Waals surface area contributed by atoms with Gasteiger partial charge in [-0.25, -0.2) is 8.42 Å². The Morgan fingerprint density at radius 1 is 1.15 bits per heavy atom. The van der Waals surface area contributed by atoms with E-state index in [0.29, 0.717) is 29.5 Å². The molecular weight excluding hydrogens is 376 g/mol. The van der Waals surface area contributed by atoms with Gasteiger partial charge in [-0.3, -0.25) is 4.79 Å². The summed E-state index contributed by atoms with van der Waals surface area (Å²) in [5.74, 6) is -0.0689. The van der Waals surface area contributed by atoms with Crippen LogP contribution >= 0.6 is 11.6 Å². The second-order valence-corrected chi connectivity index (χ2v) is 7.79. The van der Waals surface area contributed by atoms with Crippen molar-refractivity contribution in [3.63, 3.8) is 0 Å². The second kappa shape index (κ2) is 8.53. The summed E-state index contributed by atoms with van der Waals surface area (Å²) in [6, 6.07) is 10.8. The molecule has 0 heterocycles. The first-order chi connectivity index (χ1) is 12.3. The molecule has 0 aliphatic heterocycles. The summed E-state index contributed by atoms with van der Waals surface area (Å²) in [5, 5.41) is 3.08. The van der Waals surface area contributed by atoms with E-state index >= 15 is 0 Å². The van der Waals surface area contributed by atoms with E-state index in [-0.39, 0.29) is 10.5 Å². The standard InChI is InChI=1S/C18H21ClN2O4S/c1-4-21(5-2)26(23,24)15-8-6-7-14(12-15)20-18(22)16-11-13(19)9-10-17(16)25-3/h6-12H,4-5H2,1-3H3,(H,20,22). The lowest BCUT2D eigenvalue weighted by Gasteiger charge is -2.19. The van der Waals surface area contributed by atoms with Gasteiger partial charge >= 0.3 is 0 Å². The highest BCUT2D eigenvalue weighted by atomic mass is 35.5. The molecule has 26 heavy (non-hydrogen) atoms. The zero-order valence-electron chi connectivity index (χ0n) is 14.8. The second-order valence-electron chi connectivity index (χ2n) is 5.42. The van der Waals surface area contributed by atoms with Gasteiger partial charge in [0.1, 0.15) is 5.75 Å². The summed E-state index contributed by atoms with van der Waals surface area (Å²) in [4.78, 5) is 12.7. The minimum Gasteiger partial charge on any atom is -0.496 e. The van der Waals surface area contributed by atoms with Crippen LogP contribution in [-0.4, -0.2) is 38.8 Å². The van der Waals surface area contributed by atoms with Crippen molar-refractivity contribution in [2.75, 3.05) is 25.5 Å². The number of sulfonamides is 1. The van der Waals surface area contributed by atoms with Gasteiger partial charge in [-0.2, -0.15) is 4.31 Å². The molecule has 140 valence electrons. The molecule has 0 bridgehead atoms. The molecule has 0 unspecified atom stereocenters. The van der Waals surface area contributed by atoms with Crippen LogP contribution in [0.5, 0.6) is 5.75 Å². The van der Waals surface area contributed by atoms with Gasteiger partial charge in [-0.05, 0) is 36.4 Å². The number of hydrogen-bond acceptors (Lipinski definition) is 4. The molecule has 0 aliphatic rings. The molecule has 0 fully saturated rings. The lowest BCUT2D eigenvalue weighted by atomic mass is 10.2. The highest BCUT2D eigenvalue weighted by molar-refractivity contribution is 7.89. The van der Waals surface area contributed by atoms with Crippen molar-refractivity contribution in [2.45, 2.75) is 18.7 Å². The van der Waals surface area contributed by atoms with Gasteiger partial charge in [-0.15, -0.1) is 0 Å². The van der Waals surface area contributed by atoms with Gasteiger partial charge in [-0.1, -0.05) is 31.5 Å². The van der Waals surface area contributed by atoms with Crippen molar-refractivity contribution in [2.24, 2.45) is 0 Å². The molecule has 2 aromatic rings. The molecule has 0 saturated carbocycles. The molecule has 1 amide bonds. The molecule has 2 rings (SSSR count). The van der Waals surface area contributed by atoms with Crippen LogP contribution in [0.4, 0.5) is 5.69 Å². The normalized spacial score (nSPS) is 11.4. The van der Waals surface area contributed by atoms with Gasteiger partial charge in [0.05, 0.1) is 17.6 Å². The fraction of sp³-hybridized carbons (Fsp3) is 0.278. The number of hydrogen-bond donors (Lipinski definition) is 1. The Bertz CT molecular complexity index is 896. The summed E-state index contributed by atoms with van der Waals surface area (Å²) in [7, 11) is -2.15. The maximum Gasteiger partial charge on any atom is 0.259 e. The Morgan fingerprint density at radius 2 is 1.85 bits per heavy atom. The van der Waals surface area contributed by atoms with Gasteiger partial charge in [0.15, 0.2) is 0 Å². The van der Waals surface area contributed by atoms with Crippen molar-refractivity contribution < 1.29 is 17.9 Å². The van der Waals surface area contributed by atoms with Crippen LogP contribution in [0.3, 0.4) is 0 Å². The molecule has 1 N–H and O–H groups in total. The van der Waals surface area contributed by atoms with Crippen molar-refractivity contribution in [1.82, 2.24) is 4.31 Å². The third kappa shape index (κ3) is 4.35. The number of rotatable bonds is 7. The van der Waals surface area contributed by atoms with E-state index in [4.69, 9.17) is 16.3 Å². The number of nitrogens with zero attached hydrogens (tertiary/aromatic N) is 1. The first kappa shape index (κ1) is 20.2. The SMILES string of the molecule is CCN(CC)S(=O)(=O)c1cccc(NC(=O)c2cc(Cl)ccc2OC)c1. The highest BCUT2D eigenvalue weighted by Crippen LogP contribution is 2.25. The molecule has 0 spiro atoms. The van der Waals surface area contributed by atoms with E-state index in [1.807, 2.05) is 0 Å². The van der Waals surface area contributed by atoms with Gasteiger partial charge in [0.25, 0.3) is 5.91 Å². The number of benzene rings is 2. The number of amides is 1. The average Bonchev–Trinajstić information content (AvgIpc) is 2.62. The minimum atomic E-state index is -3.61. The largest absolute Gasteiger partial charge is 0.496 e. The fourth-order valence-corrected chi connectivity index (χ4v) is 4.18. The number of methoxy groups -OCH3 is 1. The zero-order chi connectivity index (χ0) is 19.3. The number of carbonyl (C=O) groups excluding carboxylic acids is 1. The van der Waals surface area contributed by atoms with Crippen LogP contribution in [0.15, 0.2) is 47.4 Å². The fourth-order valence-electron chi connectivity index (χ4n) is 2.50. The summed E-state index contributed by atoms with van der Waals surface area (Å²) in [6.45, 7) is 4.29. The quantitative estimate of drug-likeness (QED) is 0.775. The first-order valence-electron chi connectivity index (χ1n) is 8.08. The number of halogens is 1. The topological polar surface area (TPSA) is 75.7 Å². The van der Waals surface area contributed by atoms with E-state index in [9.17, 15) is 13.2 Å². The smallest absolute Gasteiger partial charge is 0.259 e. The Balaban J connectivity index is 2.32. The summed E-state index contributed by atoms with van der Waals surface area (Å²) < 4.78 is 31.8. The Morgan fingerprint density at radius 3 is 2.46 bits per heavy atom. The number of nitrogens with one attached hydrogen (secondary N) is 1. The van der Waals surface area contributed by atoms with Gasteiger partial charge in [0, 0.05) is 23.8 Å². The lowest BCUT2D eigenvalue weighted by Crippen LogP contribution is -2.30. The molecule has 0 radical (unpaired) electrons. The summed E-state index contributed by atoms with van der Waals surface area (Å²) >= 11 is 5.95. The third-order valence-electron chi connectivity index (χ3n) is 3.84. The van der Waals surface area contributed by atoms with E-state index in [2.05, 4.69) is 5.32 Å². The molecule has 0 aliphatic carbocycles. The van der Waals surface area contributed by atoms with Gasteiger partial charge < -0.3 is 10.1 Å². The monoisotopic (exact) mass is 396 g/mol. The molecular formula is C18H21ClN2O4S. The van der Waals surface area contributed by atoms with E-state index in [1.54, 1.807) is 38.1 Å². The molecule has 0 saturated heterocycles. The van der Waals surface area contributed by atoms with E-state index in [1.165, 1.54) is 29.6 Å². The lowest BCUT2D eigenvalue weighted by molar-refractivity contribution is 0.102. The Hall–Kier alpha value is -2.09. The van der Waals surface area contributed by atoms with Crippen molar-refractivity contribution >= 4 is 33.2 Å². The van der Waals surface area contributed by atoms with Crippen molar-refractivity contribution in [3.05, 3.63) is 53.1 Å². The van der Waals surface area contributed by atoms with Crippen LogP contribution in [0.1, 0.15) is 24.2 Å². The van der Waals surface area contributed by atoms with Crippen LogP contribution in [0, 0.1) is 0 Å². The maximum atomic E-state index is 12.6. The first-order valence-corrected chi connectivity index (χ1v) is 9.90. The van der Waals surface area contributed by atoms with E-state index in [0.717, 1.165) is 0 Å². The molecule has 0 atom stereocenters. The van der Waals surface area contributed by atoms with E-state index < -0.39 is 15.9 Å². The number of anilines is 1. The maximum absolute atomic E-state index is 12.6. The predicted molar refractivity (Wildman–Crippen MR) is 103 cm³/mol. The molecule has 0 aromatic heterocycles. The van der Waals surface area contributed by atoms with Crippen molar-refractivity contribution in [1.29, 1.82) is 0 Å². The molecule has 2 aromatic carbocycles. The molecule has 6 nitrogen and oxygen atoms in total. The zero-order valence-corrected chi connectivity index (χ0v) is 16.4. The average molecular weight is 397 g/mol. The Labute approximate surface area is 158 Å². The highest BCUT2D eigenvalue weighted by Gasteiger charge is 2.22. The van der Waals surface area contributed by atoms with Crippen LogP contribution in [0.25, 0.3) is 0 Å². The number of ether oxygens (including phenoxy) is 1.